The Hall–Kier alpha value is -1.63. The van der Waals surface area contributed by atoms with Crippen LogP contribution in [-0.2, 0) is 19.5 Å². The summed E-state index contributed by atoms with van der Waals surface area (Å²) in [6, 6.07) is -0.133. The van der Waals surface area contributed by atoms with E-state index < -0.39 is 6.10 Å². The van der Waals surface area contributed by atoms with Gasteiger partial charge in [0.15, 0.2) is 5.82 Å². The van der Waals surface area contributed by atoms with E-state index in [0.29, 0.717) is 19.6 Å². The van der Waals surface area contributed by atoms with Crippen molar-refractivity contribution in [1.29, 1.82) is 0 Å². The first-order valence-corrected chi connectivity index (χ1v) is 8.48. The van der Waals surface area contributed by atoms with Crippen molar-refractivity contribution in [2.45, 2.75) is 59.2 Å². The Bertz CT molecular complexity index is 578. The van der Waals surface area contributed by atoms with Crippen LogP contribution in [0.15, 0.2) is 0 Å². The molecule has 1 fully saturated rings. The Balaban J connectivity index is 1.53. The third-order valence-electron chi connectivity index (χ3n) is 5.07. The highest BCUT2D eigenvalue weighted by Crippen LogP contribution is 2.34. The van der Waals surface area contributed by atoms with E-state index in [0.717, 1.165) is 37.5 Å². The number of fused-ring (bicyclic) bond motifs is 1. The number of aryl methyl sites for hydroxylation is 1. The molecule has 2 atom stereocenters. The third-order valence-corrected chi connectivity index (χ3v) is 5.07. The second kappa shape index (κ2) is 6.11. The Kier molecular flexibility index (Phi) is 4.31. The summed E-state index contributed by atoms with van der Waals surface area (Å²) in [4.78, 5) is 14.0. The highest BCUT2D eigenvalue weighted by atomic mass is 16.3. The second-order valence-corrected chi connectivity index (χ2v) is 7.72. The van der Waals surface area contributed by atoms with Gasteiger partial charge in [0, 0.05) is 26.1 Å². The molecule has 128 valence electrons. The van der Waals surface area contributed by atoms with Crippen LogP contribution in [0.2, 0.25) is 0 Å². The summed E-state index contributed by atoms with van der Waals surface area (Å²) in [5.74, 6) is 2.05. The van der Waals surface area contributed by atoms with Crippen LogP contribution in [0.1, 0.15) is 45.3 Å². The molecule has 0 saturated carbocycles. The van der Waals surface area contributed by atoms with Crippen LogP contribution >= 0.6 is 0 Å². The fourth-order valence-corrected chi connectivity index (χ4v) is 3.73. The quantitative estimate of drug-likeness (QED) is 0.856. The first-order valence-electron chi connectivity index (χ1n) is 8.48. The third kappa shape index (κ3) is 3.34. The van der Waals surface area contributed by atoms with Gasteiger partial charge in [-0.05, 0) is 24.2 Å². The zero-order valence-electron chi connectivity index (χ0n) is 14.2. The van der Waals surface area contributed by atoms with Crippen molar-refractivity contribution >= 4 is 6.03 Å². The van der Waals surface area contributed by atoms with E-state index in [1.165, 1.54) is 0 Å². The van der Waals surface area contributed by atoms with Crippen LogP contribution in [0.25, 0.3) is 0 Å². The summed E-state index contributed by atoms with van der Waals surface area (Å²) in [5.41, 5.74) is 0.0596. The smallest absolute Gasteiger partial charge is 0.317 e. The zero-order chi connectivity index (χ0) is 16.6. The lowest BCUT2D eigenvalue weighted by Crippen LogP contribution is -2.52. The number of hydrogen-bond acceptors (Lipinski definition) is 4. The molecule has 0 unspecified atom stereocenters. The average Bonchev–Trinajstić information content (AvgIpc) is 3.06. The van der Waals surface area contributed by atoms with Crippen LogP contribution in [0.3, 0.4) is 0 Å². The molecule has 2 aliphatic rings. The fourth-order valence-electron chi connectivity index (χ4n) is 3.73. The molecule has 2 N–H and O–H groups in total. The minimum absolute atomic E-state index is 0.0596. The number of carbonyl (C=O) groups is 1. The molecule has 1 aromatic rings. The maximum Gasteiger partial charge on any atom is 0.317 e. The molecule has 7 heteroatoms. The number of amides is 2. The van der Waals surface area contributed by atoms with Crippen molar-refractivity contribution in [2.75, 3.05) is 13.1 Å². The molecule has 1 saturated heterocycles. The number of β-amino-alcohol motifs (C(OH)–C–C–N with tert-alkyl or cyclic N) is 1. The van der Waals surface area contributed by atoms with Crippen LogP contribution < -0.4 is 5.32 Å². The monoisotopic (exact) mass is 321 g/mol. The van der Waals surface area contributed by atoms with Crippen molar-refractivity contribution in [3.8, 4) is 0 Å². The first-order chi connectivity index (χ1) is 10.9. The van der Waals surface area contributed by atoms with E-state index >= 15 is 0 Å². The van der Waals surface area contributed by atoms with E-state index in [4.69, 9.17) is 0 Å². The first kappa shape index (κ1) is 16.2. The van der Waals surface area contributed by atoms with E-state index in [1.807, 2.05) is 0 Å². The number of hydrogen-bond donors (Lipinski definition) is 2. The van der Waals surface area contributed by atoms with Gasteiger partial charge in [0.1, 0.15) is 5.82 Å². The molecular formula is C16H27N5O2. The molecule has 2 amide bonds. The van der Waals surface area contributed by atoms with E-state index in [9.17, 15) is 9.90 Å². The lowest BCUT2D eigenvalue weighted by Gasteiger charge is -2.42. The molecule has 0 bridgehead atoms. The predicted octanol–water partition coefficient (Wildman–Crippen LogP) is 1.16. The fraction of sp³-hybridized carbons (Fsp3) is 0.812. The number of nitrogens with zero attached hydrogens (tertiary/aromatic N) is 4. The van der Waals surface area contributed by atoms with Gasteiger partial charge in [-0.2, -0.15) is 0 Å². The highest BCUT2D eigenvalue weighted by Gasteiger charge is 2.37. The van der Waals surface area contributed by atoms with Gasteiger partial charge in [-0.1, -0.05) is 20.8 Å². The number of nitrogens with one attached hydrogen (secondary N) is 1. The number of aliphatic hydroxyl groups excluding tert-OH is 1. The summed E-state index contributed by atoms with van der Waals surface area (Å²) < 4.78 is 2.08. The van der Waals surface area contributed by atoms with Crippen molar-refractivity contribution in [3.05, 3.63) is 11.6 Å². The molecule has 3 heterocycles. The molecule has 0 aromatic carbocycles. The van der Waals surface area contributed by atoms with Crippen LogP contribution in [0.4, 0.5) is 4.79 Å². The van der Waals surface area contributed by atoms with Crippen LogP contribution in [0.5, 0.6) is 0 Å². The maximum atomic E-state index is 12.3. The number of carbonyl (C=O) groups excluding carboxylic acids is 1. The van der Waals surface area contributed by atoms with Gasteiger partial charge in [0.25, 0.3) is 0 Å². The van der Waals surface area contributed by atoms with Gasteiger partial charge in [-0.15, -0.1) is 10.2 Å². The highest BCUT2D eigenvalue weighted by molar-refractivity contribution is 5.74. The summed E-state index contributed by atoms with van der Waals surface area (Å²) in [6.45, 7) is 8.83. The average molecular weight is 321 g/mol. The predicted molar refractivity (Wildman–Crippen MR) is 85.7 cm³/mol. The lowest BCUT2D eigenvalue weighted by molar-refractivity contribution is -0.0124. The molecule has 0 radical (unpaired) electrons. The zero-order valence-corrected chi connectivity index (χ0v) is 14.2. The number of likely N-dealkylation sites (tertiary alicyclic amines) is 1. The molecule has 0 aliphatic carbocycles. The summed E-state index contributed by atoms with van der Waals surface area (Å²) in [7, 11) is 0. The molecule has 1 aromatic heterocycles. The Labute approximate surface area is 137 Å². The number of piperidine rings is 1. The van der Waals surface area contributed by atoms with Gasteiger partial charge in [0.05, 0.1) is 12.6 Å². The van der Waals surface area contributed by atoms with E-state index in [-0.39, 0.29) is 17.4 Å². The van der Waals surface area contributed by atoms with E-state index in [2.05, 4.69) is 40.9 Å². The molecule has 0 spiro atoms. The van der Waals surface area contributed by atoms with Crippen molar-refractivity contribution < 1.29 is 9.90 Å². The SMILES string of the molecule is CC(C)(C)[C@H]1CCN(C(=O)NCc2nnc3n2CCC3)C[C@@H]1O. The van der Waals surface area contributed by atoms with Gasteiger partial charge in [-0.25, -0.2) is 4.79 Å². The van der Waals surface area contributed by atoms with Crippen molar-refractivity contribution in [2.24, 2.45) is 11.3 Å². The normalized spacial score (nSPS) is 24.6. The topological polar surface area (TPSA) is 83.3 Å². The Morgan fingerprint density at radius 1 is 1.35 bits per heavy atom. The summed E-state index contributed by atoms with van der Waals surface area (Å²) >= 11 is 0. The Morgan fingerprint density at radius 3 is 2.83 bits per heavy atom. The second-order valence-electron chi connectivity index (χ2n) is 7.72. The standard InChI is InChI=1S/C16H27N5O2/c1-16(2,3)11-6-8-20(10-12(11)22)15(23)17-9-14-19-18-13-5-4-7-21(13)14/h11-12,22H,4-10H2,1-3H3,(H,17,23)/t11-,12-/m0/s1. The van der Waals surface area contributed by atoms with Gasteiger partial charge in [0.2, 0.25) is 0 Å². The molecule has 2 aliphatic heterocycles. The Morgan fingerprint density at radius 2 is 2.13 bits per heavy atom. The summed E-state index contributed by atoms with van der Waals surface area (Å²) in [6.07, 6.45) is 2.43. The minimum atomic E-state index is -0.466. The number of urea groups is 1. The van der Waals surface area contributed by atoms with Crippen molar-refractivity contribution in [3.63, 3.8) is 0 Å². The van der Waals surface area contributed by atoms with E-state index in [1.54, 1.807) is 4.90 Å². The maximum absolute atomic E-state index is 12.3. The largest absolute Gasteiger partial charge is 0.391 e. The van der Waals surface area contributed by atoms with Crippen LogP contribution in [0, 0.1) is 11.3 Å². The minimum Gasteiger partial charge on any atom is -0.391 e. The molecular weight excluding hydrogens is 294 g/mol. The van der Waals surface area contributed by atoms with Crippen LogP contribution in [-0.4, -0.2) is 50.0 Å². The molecule has 7 nitrogen and oxygen atoms in total. The van der Waals surface area contributed by atoms with Crippen molar-refractivity contribution in [1.82, 2.24) is 25.0 Å². The number of rotatable bonds is 2. The van der Waals surface area contributed by atoms with Gasteiger partial charge in [-0.3, -0.25) is 0 Å². The molecule has 23 heavy (non-hydrogen) atoms. The molecule has 3 rings (SSSR count). The van der Waals surface area contributed by atoms with Gasteiger partial charge < -0.3 is 19.9 Å². The van der Waals surface area contributed by atoms with Gasteiger partial charge >= 0.3 is 6.03 Å². The summed E-state index contributed by atoms with van der Waals surface area (Å²) in [5, 5.41) is 21.6. The number of aromatic nitrogens is 3. The number of aliphatic hydroxyl groups is 1. The lowest BCUT2D eigenvalue weighted by atomic mass is 9.74.